The number of aromatic amines is 1. The summed E-state index contributed by atoms with van der Waals surface area (Å²) in [5, 5.41) is 13.0. The van der Waals surface area contributed by atoms with Crippen LogP contribution in [0.1, 0.15) is 22.3 Å². The van der Waals surface area contributed by atoms with E-state index in [1.165, 1.54) is 0 Å². The van der Waals surface area contributed by atoms with Gasteiger partial charge in [0.25, 0.3) is 5.91 Å². The van der Waals surface area contributed by atoms with Gasteiger partial charge in [0.2, 0.25) is 0 Å². The van der Waals surface area contributed by atoms with E-state index in [0.717, 1.165) is 20.6 Å². The maximum absolute atomic E-state index is 12.1. The second-order valence-electron chi connectivity index (χ2n) is 4.79. The molecule has 0 saturated heterocycles. The lowest BCUT2D eigenvalue weighted by atomic mass is 10.1. The molecule has 116 valence electrons. The summed E-state index contributed by atoms with van der Waals surface area (Å²) in [6, 6.07) is 13.3. The normalized spacial score (nSPS) is 11.5. The smallest absolute Gasteiger partial charge is 0.272 e. The van der Waals surface area contributed by atoms with Gasteiger partial charge in [0.15, 0.2) is 0 Å². The summed E-state index contributed by atoms with van der Waals surface area (Å²) < 4.78 is 0.994. The number of aromatic nitrogens is 2. The maximum Gasteiger partial charge on any atom is 0.289 e. The first-order valence-electron chi connectivity index (χ1n) is 6.83. The Labute approximate surface area is 145 Å². The molecule has 0 atom stereocenters. The molecule has 0 spiro atoms. The minimum Gasteiger partial charge on any atom is -0.272 e. The largest absolute Gasteiger partial charge is 0.289 e. The summed E-state index contributed by atoms with van der Waals surface area (Å²) in [6.07, 6.45) is 0. The van der Waals surface area contributed by atoms with E-state index in [-0.39, 0.29) is 5.91 Å². The van der Waals surface area contributed by atoms with Crippen molar-refractivity contribution in [3.63, 3.8) is 0 Å². The Kier molecular flexibility index (Phi) is 4.68. The number of halogens is 1. The monoisotopic (exact) mass is 388 g/mol. The van der Waals surface area contributed by atoms with Crippen molar-refractivity contribution in [3.8, 4) is 11.3 Å². The molecule has 2 N–H and O–H groups in total. The van der Waals surface area contributed by atoms with E-state index in [1.807, 2.05) is 48.7 Å². The molecule has 0 aliphatic rings. The quantitative estimate of drug-likeness (QED) is 0.522. The SMILES string of the molecule is C/C(=N/NC(=O)c1cc(-c2ccc(Br)cc2)n[nH]1)c1cccs1. The van der Waals surface area contributed by atoms with E-state index in [2.05, 4.69) is 36.7 Å². The van der Waals surface area contributed by atoms with Crippen molar-refractivity contribution in [1.82, 2.24) is 15.6 Å². The molecule has 3 aromatic rings. The Hall–Kier alpha value is -2.25. The molecule has 1 amide bonds. The van der Waals surface area contributed by atoms with Crippen LogP contribution in [-0.4, -0.2) is 21.8 Å². The van der Waals surface area contributed by atoms with E-state index < -0.39 is 0 Å². The van der Waals surface area contributed by atoms with Gasteiger partial charge >= 0.3 is 0 Å². The second kappa shape index (κ2) is 6.89. The molecule has 2 heterocycles. The van der Waals surface area contributed by atoms with E-state index in [4.69, 9.17) is 0 Å². The minimum atomic E-state index is -0.322. The third-order valence-electron chi connectivity index (χ3n) is 3.17. The Morgan fingerprint density at radius 3 is 2.78 bits per heavy atom. The molecule has 3 rings (SSSR count). The van der Waals surface area contributed by atoms with Crippen molar-refractivity contribution in [1.29, 1.82) is 0 Å². The summed E-state index contributed by atoms with van der Waals surface area (Å²) in [6.45, 7) is 1.85. The zero-order chi connectivity index (χ0) is 16.2. The zero-order valence-corrected chi connectivity index (χ0v) is 14.6. The molecule has 0 bridgehead atoms. The summed E-state index contributed by atoms with van der Waals surface area (Å²) in [4.78, 5) is 13.1. The molecule has 0 saturated carbocycles. The highest BCUT2D eigenvalue weighted by molar-refractivity contribution is 9.10. The highest BCUT2D eigenvalue weighted by atomic mass is 79.9. The van der Waals surface area contributed by atoms with Crippen LogP contribution in [0, 0.1) is 0 Å². The van der Waals surface area contributed by atoms with Crippen molar-refractivity contribution in [2.24, 2.45) is 5.10 Å². The van der Waals surface area contributed by atoms with Gasteiger partial charge < -0.3 is 0 Å². The number of hydrogen-bond donors (Lipinski definition) is 2. The molecule has 23 heavy (non-hydrogen) atoms. The third-order valence-corrected chi connectivity index (χ3v) is 4.67. The molecule has 5 nitrogen and oxygen atoms in total. The minimum absolute atomic E-state index is 0.322. The van der Waals surface area contributed by atoms with E-state index in [0.29, 0.717) is 11.4 Å². The number of nitrogens with zero attached hydrogens (tertiary/aromatic N) is 2. The van der Waals surface area contributed by atoms with Gasteiger partial charge in [-0.1, -0.05) is 34.1 Å². The van der Waals surface area contributed by atoms with Gasteiger partial charge in [0, 0.05) is 14.9 Å². The average molecular weight is 389 g/mol. The van der Waals surface area contributed by atoms with Gasteiger partial charge in [0.05, 0.1) is 11.4 Å². The van der Waals surface area contributed by atoms with Gasteiger partial charge in [-0.2, -0.15) is 10.2 Å². The van der Waals surface area contributed by atoms with Crippen LogP contribution in [0.3, 0.4) is 0 Å². The van der Waals surface area contributed by atoms with Crippen LogP contribution in [0.2, 0.25) is 0 Å². The number of hydrazone groups is 1. The van der Waals surface area contributed by atoms with Crippen molar-refractivity contribution < 1.29 is 4.79 Å². The van der Waals surface area contributed by atoms with Crippen molar-refractivity contribution >= 4 is 38.9 Å². The fourth-order valence-corrected chi connectivity index (χ4v) is 2.88. The first kappa shape index (κ1) is 15.6. The number of nitrogens with one attached hydrogen (secondary N) is 2. The molecule has 0 aliphatic heterocycles. The lowest BCUT2D eigenvalue weighted by molar-refractivity contribution is 0.0950. The predicted octanol–water partition coefficient (Wildman–Crippen LogP) is 4.05. The predicted molar refractivity (Wildman–Crippen MR) is 95.7 cm³/mol. The topological polar surface area (TPSA) is 70.1 Å². The standard InChI is InChI=1S/C16H13BrN4OS/c1-10(15-3-2-8-23-15)18-21-16(22)14-9-13(19-20-14)11-4-6-12(17)7-5-11/h2-9H,1H3,(H,19,20)(H,21,22)/b18-10-. The molecule has 1 aromatic carbocycles. The Balaban J connectivity index is 1.71. The van der Waals surface area contributed by atoms with Gasteiger partial charge in [0.1, 0.15) is 5.69 Å². The highest BCUT2D eigenvalue weighted by Gasteiger charge is 2.11. The van der Waals surface area contributed by atoms with Gasteiger partial charge in [-0.05, 0) is 36.6 Å². The van der Waals surface area contributed by atoms with E-state index in [1.54, 1.807) is 17.4 Å². The van der Waals surface area contributed by atoms with Crippen molar-refractivity contribution in [3.05, 3.63) is 62.9 Å². The van der Waals surface area contributed by atoms with Crippen molar-refractivity contribution in [2.45, 2.75) is 6.92 Å². The first-order valence-corrected chi connectivity index (χ1v) is 8.50. The second-order valence-corrected chi connectivity index (χ2v) is 6.65. The molecule has 0 aliphatic carbocycles. The van der Waals surface area contributed by atoms with Crippen LogP contribution >= 0.6 is 27.3 Å². The number of hydrogen-bond acceptors (Lipinski definition) is 4. The summed E-state index contributed by atoms with van der Waals surface area (Å²) in [5.74, 6) is -0.322. The van der Waals surface area contributed by atoms with Gasteiger partial charge in [-0.15, -0.1) is 11.3 Å². The zero-order valence-electron chi connectivity index (χ0n) is 12.2. The molecule has 7 heteroatoms. The van der Waals surface area contributed by atoms with Crippen LogP contribution in [0.15, 0.2) is 57.4 Å². The molecule has 0 fully saturated rings. The average Bonchev–Trinajstić information content (AvgIpc) is 3.24. The Morgan fingerprint density at radius 2 is 2.09 bits per heavy atom. The van der Waals surface area contributed by atoms with E-state index in [9.17, 15) is 4.79 Å². The number of carbonyl (C=O) groups is 1. The van der Waals surface area contributed by atoms with Crippen LogP contribution in [0.5, 0.6) is 0 Å². The number of carbonyl (C=O) groups excluding carboxylic acids is 1. The molecule has 2 aromatic heterocycles. The number of benzene rings is 1. The molecular formula is C16H13BrN4OS. The summed E-state index contributed by atoms with van der Waals surface area (Å²) in [5.41, 5.74) is 5.31. The third kappa shape index (κ3) is 3.75. The van der Waals surface area contributed by atoms with Gasteiger partial charge in [-0.3, -0.25) is 9.89 Å². The number of amides is 1. The Morgan fingerprint density at radius 1 is 1.30 bits per heavy atom. The van der Waals surface area contributed by atoms with Gasteiger partial charge in [-0.25, -0.2) is 5.43 Å². The number of rotatable bonds is 4. The molecule has 0 unspecified atom stereocenters. The van der Waals surface area contributed by atoms with Crippen LogP contribution < -0.4 is 5.43 Å². The summed E-state index contributed by atoms with van der Waals surface area (Å²) in [7, 11) is 0. The van der Waals surface area contributed by atoms with Crippen molar-refractivity contribution in [2.75, 3.05) is 0 Å². The molecule has 0 radical (unpaired) electrons. The molecular weight excluding hydrogens is 376 g/mol. The van der Waals surface area contributed by atoms with Crippen LogP contribution in [-0.2, 0) is 0 Å². The van der Waals surface area contributed by atoms with E-state index >= 15 is 0 Å². The fourth-order valence-electron chi connectivity index (χ4n) is 1.94. The van der Waals surface area contributed by atoms with Crippen LogP contribution in [0.25, 0.3) is 11.3 Å². The number of H-pyrrole nitrogens is 1. The van der Waals surface area contributed by atoms with Crippen LogP contribution in [0.4, 0.5) is 0 Å². The lowest BCUT2D eigenvalue weighted by Crippen LogP contribution is -2.19. The Bertz CT molecular complexity index is 837. The first-order chi connectivity index (χ1) is 11.1. The lowest BCUT2D eigenvalue weighted by Gasteiger charge is -1.98. The summed E-state index contributed by atoms with van der Waals surface area (Å²) >= 11 is 4.97. The highest BCUT2D eigenvalue weighted by Crippen LogP contribution is 2.20. The maximum atomic E-state index is 12.1. The number of thiophene rings is 1. The fraction of sp³-hybridized carbons (Fsp3) is 0.0625.